The van der Waals surface area contributed by atoms with Gasteiger partial charge in [-0.3, -0.25) is 4.90 Å². The quantitative estimate of drug-likeness (QED) is 0.905. The van der Waals surface area contributed by atoms with Gasteiger partial charge >= 0.3 is 0 Å². The van der Waals surface area contributed by atoms with Crippen LogP contribution in [0.5, 0.6) is 0 Å². The normalized spacial score (nSPS) is 20.9. The molecule has 1 aromatic carbocycles. The molecule has 4 heteroatoms. The van der Waals surface area contributed by atoms with Gasteiger partial charge in [-0.05, 0) is 38.8 Å². The van der Waals surface area contributed by atoms with Crippen molar-refractivity contribution < 1.29 is 8.78 Å². The molecule has 0 aromatic heterocycles. The molecule has 1 atom stereocenters. The van der Waals surface area contributed by atoms with Crippen LogP contribution in [-0.2, 0) is 0 Å². The van der Waals surface area contributed by atoms with Gasteiger partial charge in [0.25, 0.3) is 6.43 Å². The molecule has 2 nitrogen and oxygen atoms in total. The first-order chi connectivity index (χ1) is 8.95. The number of alkyl halides is 2. The molecule has 1 aromatic rings. The minimum atomic E-state index is -2.41. The summed E-state index contributed by atoms with van der Waals surface area (Å²) in [5.41, 5.74) is 7.14. The Morgan fingerprint density at radius 2 is 1.79 bits per heavy atom. The Morgan fingerprint density at radius 3 is 2.21 bits per heavy atom. The van der Waals surface area contributed by atoms with E-state index in [2.05, 4.69) is 18.7 Å². The van der Waals surface area contributed by atoms with Crippen molar-refractivity contribution in [2.45, 2.75) is 44.7 Å². The van der Waals surface area contributed by atoms with Crippen molar-refractivity contribution in [3.63, 3.8) is 0 Å². The summed E-state index contributed by atoms with van der Waals surface area (Å²) in [6, 6.07) is 6.70. The third kappa shape index (κ3) is 2.95. The van der Waals surface area contributed by atoms with Gasteiger partial charge < -0.3 is 5.73 Å². The molecule has 0 saturated carbocycles. The summed E-state index contributed by atoms with van der Waals surface area (Å²) in [5, 5.41) is 0. The summed E-state index contributed by atoms with van der Waals surface area (Å²) in [7, 11) is 0. The maximum atomic E-state index is 12.6. The second-order valence-corrected chi connectivity index (χ2v) is 5.83. The molecule has 1 fully saturated rings. The SMILES string of the molecule is CC1(C)CCCN1C(CN)c1ccc(C(F)F)cc1. The van der Waals surface area contributed by atoms with Crippen molar-refractivity contribution in [3.8, 4) is 0 Å². The monoisotopic (exact) mass is 268 g/mol. The van der Waals surface area contributed by atoms with E-state index in [1.165, 1.54) is 18.6 Å². The van der Waals surface area contributed by atoms with Crippen molar-refractivity contribution in [1.82, 2.24) is 4.90 Å². The molecule has 1 aliphatic rings. The highest BCUT2D eigenvalue weighted by atomic mass is 19.3. The molecule has 0 spiro atoms. The number of rotatable bonds is 4. The second-order valence-electron chi connectivity index (χ2n) is 5.83. The third-order valence-corrected chi connectivity index (χ3v) is 4.14. The number of benzene rings is 1. The van der Waals surface area contributed by atoms with Gasteiger partial charge in [0.2, 0.25) is 0 Å². The molecule has 0 radical (unpaired) electrons. The Kier molecular flexibility index (Phi) is 4.21. The lowest BCUT2D eigenvalue weighted by Gasteiger charge is -2.38. The second kappa shape index (κ2) is 5.55. The van der Waals surface area contributed by atoms with Crippen LogP contribution in [0.1, 0.15) is 50.3 Å². The largest absolute Gasteiger partial charge is 0.329 e. The molecule has 106 valence electrons. The summed E-state index contributed by atoms with van der Waals surface area (Å²) in [4.78, 5) is 2.39. The molecule has 1 aliphatic heterocycles. The fraction of sp³-hybridized carbons (Fsp3) is 0.600. The minimum Gasteiger partial charge on any atom is -0.329 e. The molecule has 0 bridgehead atoms. The summed E-state index contributed by atoms with van der Waals surface area (Å²) in [5.74, 6) is 0. The Morgan fingerprint density at radius 1 is 1.21 bits per heavy atom. The third-order valence-electron chi connectivity index (χ3n) is 4.14. The number of hydrogen-bond donors (Lipinski definition) is 1. The predicted molar refractivity (Wildman–Crippen MR) is 73.2 cm³/mol. The number of halogens is 2. The van der Waals surface area contributed by atoms with Crippen molar-refractivity contribution in [3.05, 3.63) is 35.4 Å². The van der Waals surface area contributed by atoms with E-state index in [-0.39, 0.29) is 17.1 Å². The van der Waals surface area contributed by atoms with Gasteiger partial charge in [0.05, 0.1) is 0 Å². The van der Waals surface area contributed by atoms with Crippen molar-refractivity contribution in [1.29, 1.82) is 0 Å². The average molecular weight is 268 g/mol. The zero-order valence-electron chi connectivity index (χ0n) is 11.6. The summed E-state index contributed by atoms with van der Waals surface area (Å²) >= 11 is 0. The van der Waals surface area contributed by atoms with Crippen LogP contribution in [0.15, 0.2) is 24.3 Å². The topological polar surface area (TPSA) is 29.3 Å². The zero-order chi connectivity index (χ0) is 14.0. The van der Waals surface area contributed by atoms with Gasteiger partial charge in [0.15, 0.2) is 0 Å². The van der Waals surface area contributed by atoms with E-state index < -0.39 is 6.43 Å². The van der Waals surface area contributed by atoms with Crippen LogP contribution in [0.25, 0.3) is 0 Å². The molecular formula is C15H22F2N2. The molecule has 2 N–H and O–H groups in total. The van der Waals surface area contributed by atoms with E-state index in [1.807, 2.05) is 0 Å². The predicted octanol–water partition coefficient (Wildman–Crippen LogP) is 3.50. The Bertz CT molecular complexity index is 415. The minimum absolute atomic E-state index is 0.0696. The molecule has 2 rings (SSSR count). The van der Waals surface area contributed by atoms with E-state index in [0.29, 0.717) is 6.54 Å². The number of hydrogen-bond acceptors (Lipinski definition) is 2. The first-order valence-corrected chi connectivity index (χ1v) is 6.80. The summed E-state index contributed by atoms with van der Waals surface area (Å²) < 4.78 is 25.1. The Labute approximate surface area is 113 Å². The van der Waals surface area contributed by atoms with Gasteiger partial charge in [-0.15, -0.1) is 0 Å². The fourth-order valence-electron chi connectivity index (χ4n) is 3.01. The summed E-state index contributed by atoms with van der Waals surface area (Å²) in [6.07, 6.45) is -0.0920. The van der Waals surface area contributed by atoms with E-state index in [9.17, 15) is 8.78 Å². The number of nitrogens with zero attached hydrogens (tertiary/aromatic N) is 1. The van der Waals surface area contributed by atoms with E-state index in [4.69, 9.17) is 5.73 Å². The lowest BCUT2D eigenvalue weighted by molar-refractivity contribution is 0.119. The summed E-state index contributed by atoms with van der Waals surface area (Å²) in [6.45, 7) is 5.97. The standard InChI is InChI=1S/C15H22F2N2/c1-15(2)8-3-9-19(15)13(10-18)11-4-6-12(7-5-11)14(16)17/h4-7,13-14H,3,8-10,18H2,1-2H3. The van der Waals surface area contributed by atoms with Crippen molar-refractivity contribution in [2.24, 2.45) is 5.73 Å². The molecule has 0 amide bonds. The van der Waals surface area contributed by atoms with Crippen LogP contribution in [0.2, 0.25) is 0 Å². The van der Waals surface area contributed by atoms with Crippen LogP contribution in [0.4, 0.5) is 8.78 Å². The van der Waals surface area contributed by atoms with E-state index >= 15 is 0 Å². The number of nitrogens with two attached hydrogens (primary N) is 1. The Balaban J connectivity index is 2.22. The first kappa shape index (κ1) is 14.4. The first-order valence-electron chi connectivity index (χ1n) is 6.80. The van der Waals surface area contributed by atoms with Gasteiger partial charge in [-0.1, -0.05) is 24.3 Å². The molecule has 1 heterocycles. The van der Waals surface area contributed by atoms with Gasteiger partial charge in [-0.25, -0.2) is 8.78 Å². The van der Waals surface area contributed by atoms with Gasteiger partial charge in [-0.2, -0.15) is 0 Å². The molecule has 1 unspecified atom stereocenters. The molecule has 1 saturated heterocycles. The smallest absolute Gasteiger partial charge is 0.263 e. The van der Waals surface area contributed by atoms with Gasteiger partial charge in [0.1, 0.15) is 0 Å². The highest BCUT2D eigenvalue weighted by Crippen LogP contribution is 2.36. The maximum Gasteiger partial charge on any atom is 0.263 e. The lowest BCUT2D eigenvalue weighted by Crippen LogP contribution is -2.43. The average Bonchev–Trinajstić information content (AvgIpc) is 2.71. The molecular weight excluding hydrogens is 246 g/mol. The fourth-order valence-corrected chi connectivity index (χ4v) is 3.01. The van der Waals surface area contributed by atoms with E-state index in [1.54, 1.807) is 12.1 Å². The molecule has 0 aliphatic carbocycles. The van der Waals surface area contributed by atoms with Gasteiger partial charge in [0, 0.05) is 23.7 Å². The van der Waals surface area contributed by atoms with Crippen LogP contribution >= 0.6 is 0 Å². The lowest BCUT2D eigenvalue weighted by atomic mass is 9.97. The maximum absolute atomic E-state index is 12.6. The van der Waals surface area contributed by atoms with Crippen LogP contribution in [-0.4, -0.2) is 23.5 Å². The van der Waals surface area contributed by atoms with E-state index in [0.717, 1.165) is 18.5 Å². The van der Waals surface area contributed by atoms with Crippen LogP contribution in [0.3, 0.4) is 0 Å². The van der Waals surface area contributed by atoms with Crippen LogP contribution < -0.4 is 5.73 Å². The van der Waals surface area contributed by atoms with Crippen LogP contribution in [0, 0.1) is 0 Å². The highest BCUT2D eigenvalue weighted by molar-refractivity contribution is 5.26. The Hall–Kier alpha value is -1.00. The highest BCUT2D eigenvalue weighted by Gasteiger charge is 2.36. The molecule has 19 heavy (non-hydrogen) atoms. The van der Waals surface area contributed by atoms with Crippen molar-refractivity contribution in [2.75, 3.05) is 13.1 Å². The number of likely N-dealkylation sites (tertiary alicyclic amines) is 1. The zero-order valence-corrected chi connectivity index (χ0v) is 11.6. The van der Waals surface area contributed by atoms with Crippen molar-refractivity contribution >= 4 is 0 Å².